The van der Waals surface area contributed by atoms with Gasteiger partial charge in [0.05, 0.1) is 0 Å². The van der Waals surface area contributed by atoms with Gasteiger partial charge in [0.1, 0.15) is 0 Å². The SMILES string of the molecule is CC(c1cccnc1)N1CCCCC1C1CCCN1. The normalized spacial score (nSPS) is 30.4. The second-order valence-corrected chi connectivity index (χ2v) is 5.97. The quantitative estimate of drug-likeness (QED) is 0.904. The highest BCUT2D eigenvalue weighted by Gasteiger charge is 2.34. The molecule has 1 aromatic rings. The predicted molar refractivity (Wildman–Crippen MR) is 78.0 cm³/mol. The van der Waals surface area contributed by atoms with E-state index < -0.39 is 0 Å². The summed E-state index contributed by atoms with van der Waals surface area (Å²) in [7, 11) is 0. The number of piperidine rings is 1. The first-order valence-electron chi connectivity index (χ1n) is 7.75. The van der Waals surface area contributed by atoms with Gasteiger partial charge in [0.25, 0.3) is 0 Å². The minimum Gasteiger partial charge on any atom is -0.312 e. The highest BCUT2D eigenvalue weighted by atomic mass is 15.2. The summed E-state index contributed by atoms with van der Waals surface area (Å²) in [6.07, 6.45) is 10.7. The van der Waals surface area contributed by atoms with Crippen molar-refractivity contribution in [3.63, 3.8) is 0 Å². The summed E-state index contributed by atoms with van der Waals surface area (Å²) in [4.78, 5) is 6.99. The Balaban J connectivity index is 1.76. The number of pyridine rings is 1. The van der Waals surface area contributed by atoms with Crippen molar-refractivity contribution in [3.8, 4) is 0 Å². The summed E-state index contributed by atoms with van der Waals surface area (Å²) < 4.78 is 0. The topological polar surface area (TPSA) is 28.2 Å². The van der Waals surface area contributed by atoms with Crippen LogP contribution in [0.25, 0.3) is 0 Å². The molecule has 0 amide bonds. The lowest BCUT2D eigenvalue weighted by molar-refractivity contribution is 0.0801. The van der Waals surface area contributed by atoms with Crippen LogP contribution in [-0.4, -0.2) is 35.1 Å². The van der Waals surface area contributed by atoms with E-state index in [2.05, 4.69) is 34.3 Å². The van der Waals surface area contributed by atoms with Crippen LogP contribution in [0, 0.1) is 0 Å². The average molecular weight is 259 g/mol. The molecule has 3 unspecified atom stereocenters. The Morgan fingerprint density at radius 2 is 2.26 bits per heavy atom. The van der Waals surface area contributed by atoms with E-state index in [4.69, 9.17) is 0 Å². The molecule has 3 rings (SSSR count). The van der Waals surface area contributed by atoms with Crippen LogP contribution in [0.1, 0.15) is 50.6 Å². The van der Waals surface area contributed by atoms with Gasteiger partial charge >= 0.3 is 0 Å². The van der Waals surface area contributed by atoms with Crippen molar-refractivity contribution in [2.45, 2.75) is 57.2 Å². The zero-order valence-corrected chi connectivity index (χ0v) is 11.9. The van der Waals surface area contributed by atoms with E-state index >= 15 is 0 Å². The molecule has 3 atom stereocenters. The first-order chi connectivity index (χ1) is 9.36. The second-order valence-electron chi connectivity index (χ2n) is 5.97. The van der Waals surface area contributed by atoms with Gasteiger partial charge < -0.3 is 5.32 Å². The van der Waals surface area contributed by atoms with Crippen molar-refractivity contribution >= 4 is 0 Å². The average Bonchev–Trinajstić information content (AvgIpc) is 3.01. The molecule has 0 bridgehead atoms. The van der Waals surface area contributed by atoms with E-state index in [0.29, 0.717) is 18.1 Å². The van der Waals surface area contributed by atoms with Crippen LogP contribution in [-0.2, 0) is 0 Å². The zero-order chi connectivity index (χ0) is 13.1. The van der Waals surface area contributed by atoms with Gasteiger partial charge in [-0.3, -0.25) is 9.88 Å². The largest absolute Gasteiger partial charge is 0.312 e. The molecule has 3 heteroatoms. The van der Waals surface area contributed by atoms with Gasteiger partial charge in [-0.05, 0) is 57.3 Å². The van der Waals surface area contributed by atoms with Gasteiger partial charge in [0.2, 0.25) is 0 Å². The maximum absolute atomic E-state index is 4.28. The van der Waals surface area contributed by atoms with Gasteiger partial charge in [-0.25, -0.2) is 0 Å². The number of nitrogens with zero attached hydrogens (tertiary/aromatic N) is 2. The summed E-state index contributed by atoms with van der Waals surface area (Å²) in [5.41, 5.74) is 1.35. The van der Waals surface area contributed by atoms with Crippen LogP contribution in [0.15, 0.2) is 24.5 Å². The van der Waals surface area contributed by atoms with Crippen molar-refractivity contribution in [1.29, 1.82) is 0 Å². The fourth-order valence-corrected chi connectivity index (χ4v) is 3.75. The molecule has 104 valence electrons. The maximum Gasteiger partial charge on any atom is 0.0338 e. The van der Waals surface area contributed by atoms with Gasteiger partial charge in [-0.15, -0.1) is 0 Å². The molecule has 1 aromatic heterocycles. The lowest BCUT2D eigenvalue weighted by Crippen LogP contribution is -2.50. The lowest BCUT2D eigenvalue weighted by Gasteiger charge is -2.43. The van der Waals surface area contributed by atoms with Crippen LogP contribution in [0.2, 0.25) is 0 Å². The fraction of sp³-hybridized carbons (Fsp3) is 0.688. The standard InChI is InChI=1S/C16H25N3/c1-13(14-6-4-9-17-12-14)19-11-3-2-8-16(19)15-7-5-10-18-15/h4,6,9,12-13,15-16,18H,2-3,5,7-8,10-11H2,1H3. The summed E-state index contributed by atoms with van der Waals surface area (Å²) >= 11 is 0. The summed E-state index contributed by atoms with van der Waals surface area (Å²) in [5.74, 6) is 0. The van der Waals surface area contributed by atoms with Crippen molar-refractivity contribution in [1.82, 2.24) is 15.2 Å². The Kier molecular flexibility index (Phi) is 4.14. The number of likely N-dealkylation sites (tertiary alicyclic amines) is 1. The Bertz CT molecular complexity index is 386. The van der Waals surface area contributed by atoms with Crippen molar-refractivity contribution < 1.29 is 0 Å². The molecular formula is C16H25N3. The maximum atomic E-state index is 4.28. The van der Waals surface area contributed by atoms with Crippen LogP contribution in [0.3, 0.4) is 0 Å². The number of hydrogen-bond donors (Lipinski definition) is 1. The summed E-state index contributed by atoms with van der Waals surface area (Å²) in [6.45, 7) is 4.78. The third-order valence-electron chi connectivity index (χ3n) is 4.82. The van der Waals surface area contributed by atoms with Gasteiger partial charge in [-0.2, -0.15) is 0 Å². The third kappa shape index (κ3) is 2.82. The number of hydrogen-bond acceptors (Lipinski definition) is 3. The van der Waals surface area contributed by atoms with E-state index in [9.17, 15) is 0 Å². The highest BCUT2D eigenvalue weighted by Crippen LogP contribution is 2.31. The molecule has 0 aliphatic carbocycles. The van der Waals surface area contributed by atoms with Gasteiger partial charge in [-0.1, -0.05) is 12.5 Å². The zero-order valence-electron chi connectivity index (χ0n) is 11.9. The van der Waals surface area contributed by atoms with Crippen molar-refractivity contribution in [2.75, 3.05) is 13.1 Å². The Hall–Kier alpha value is -0.930. The van der Waals surface area contributed by atoms with Crippen LogP contribution < -0.4 is 5.32 Å². The molecule has 2 fully saturated rings. The monoisotopic (exact) mass is 259 g/mol. The van der Waals surface area contributed by atoms with Crippen LogP contribution in [0.5, 0.6) is 0 Å². The Morgan fingerprint density at radius 1 is 1.32 bits per heavy atom. The Morgan fingerprint density at radius 3 is 3.00 bits per heavy atom. The third-order valence-corrected chi connectivity index (χ3v) is 4.82. The van der Waals surface area contributed by atoms with E-state index in [-0.39, 0.29) is 0 Å². The van der Waals surface area contributed by atoms with Gasteiger partial charge in [0.15, 0.2) is 0 Å². The molecule has 1 N–H and O–H groups in total. The smallest absolute Gasteiger partial charge is 0.0338 e. The number of aromatic nitrogens is 1. The summed E-state index contributed by atoms with van der Waals surface area (Å²) in [5, 5.41) is 3.71. The number of nitrogens with one attached hydrogen (secondary N) is 1. The second kappa shape index (κ2) is 6.02. The minimum atomic E-state index is 0.487. The molecular weight excluding hydrogens is 234 g/mol. The summed E-state index contributed by atoms with van der Waals surface area (Å²) in [6, 6.07) is 6.18. The van der Waals surface area contributed by atoms with E-state index in [1.807, 2.05) is 12.4 Å². The van der Waals surface area contributed by atoms with Crippen molar-refractivity contribution in [2.24, 2.45) is 0 Å². The van der Waals surface area contributed by atoms with Crippen LogP contribution >= 0.6 is 0 Å². The van der Waals surface area contributed by atoms with Gasteiger partial charge in [0, 0.05) is 30.5 Å². The lowest BCUT2D eigenvalue weighted by atomic mass is 9.92. The molecule has 0 saturated carbocycles. The van der Waals surface area contributed by atoms with E-state index in [1.165, 1.54) is 50.8 Å². The van der Waals surface area contributed by atoms with Crippen molar-refractivity contribution in [3.05, 3.63) is 30.1 Å². The fourth-order valence-electron chi connectivity index (χ4n) is 3.75. The Labute approximate surface area is 116 Å². The molecule has 2 saturated heterocycles. The van der Waals surface area contributed by atoms with Crippen LogP contribution in [0.4, 0.5) is 0 Å². The van der Waals surface area contributed by atoms with E-state index in [0.717, 1.165) is 0 Å². The molecule has 2 aliphatic heterocycles. The highest BCUT2D eigenvalue weighted by molar-refractivity contribution is 5.14. The number of rotatable bonds is 3. The molecule has 19 heavy (non-hydrogen) atoms. The first-order valence-corrected chi connectivity index (χ1v) is 7.75. The minimum absolute atomic E-state index is 0.487. The molecule has 0 aromatic carbocycles. The molecule has 2 aliphatic rings. The molecule has 3 nitrogen and oxygen atoms in total. The molecule has 0 radical (unpaired) electrons. The van der Waals surface area contributed by atoms with E-state index in [1.54, 1.807) is 0 Å². The molecule has 0 spiro atoms. The predicted octanol–water partition coefficient (Wildman–Crippen LogP) is 2.75. The molecule has 3 heterocycles. The first kappa shape index (κ1) is 13.1.